The molecule has 0 unspecified atom stereocenters. The summed E-state index contributed by atoms with van der Waals surface area (Å²) in [6.45, 7) is 2.91. The normalized spacial score (nSPS) is 10.9. The second kappa shape index (κ2) is 6.55. The molecule has 1 aromatic carbocycles. The maximum atomic E-state index is 12.3. The first-order valence-electron chi connectivity index (χ1n) is 6.25. The second-order valence-corrected chi connectivity index (χ2v) is 4.52. The van der Waals surface area contributed by atoms with E-state index in [0.717, 1.165) is 4.90 Å². The zero-order valence-electron chi connectivity index (χ0n) is 12.5. The van der Waals surface area contributed by atoms with Gasteiger partial charge in [-0.05, 0) is 25.5 Å². The highest BCUT2D eigenvalue weighted by Crippen LogP contribution is 2.33. The number of rotatable bonds is 2. The van der Waals surface area contributed by atoms with Gasteiger partial charge in [-0.3, -0.25) is 5.41 Å². The van der Waals surface area contributed by atoms with Crippen molar-refractivity contribution < 1.29 is 27.5 Å². The lowest BCUT2D eigenvalue weighted by Crippen LogP contribution is -2.46. The summed E-state index contributed by atoms with van der Waals surface area (Å²) in [7, 11) is 1.30. The van der Waals surface area contributed by atoms with E-state index in [2.05, 4.69) is 10.1 Å². The van der Waals surface area contributed by atoms with E-state index < -0.39 is 24.1 Å². The highest BCUT2D eigenvalue weighted by molar-refractivity contribution is 6.14. The number of alkyl halides is 3. The number of urea groups is 1. The standard InChI is InChI=1S/C13H15F3N4O3/c1-6-4-5-8(23-10(21)13(14,15)16)7(2)9(6)20(11(17)18)12(22)19-3/h4-5H,1-3H3,(H3,17,18)(H,19,22). The quantitative estimate of drug-likeness (QED) is 0.332. The van der Waals surface area contributed by atoms with Gasteiger partial charge in [0.25, 0.3) is 0 Å². The lowest BCUT2D eigenvalue weighted by molar-refractivity contribution is -0.189. The number of nitrogens with two attached hydrogens (primary N) is 1. The number of halogens is 3. The molecule has 0 spiro atoms. The van der Waals surface area contributed by atoms with Crippen LogP contribution in [0.3, 0.4) is 0 Å². The van der Waals surface area contributed by atoms with Crippen LogP contribution in [0.2, 0.25) is 0 Å². The summed E-state index contributed by atoms with van der Waals surface area (Å²) in [5, 5.41) is 9.74. The van der Waals surface area contributed by atoms with Gasteiger partial charge in [-0.25, -0.2) is 14.5 Å². The average molecular weight is 332 g/mol. The van der Waals surface area contributed by atoms with Crippen LogP contribution in [-0.2, 0) is 4.79 Å². The number of nitrogens with one attached hydrogen (secondary N) is 2. The van der Waals surface area contributed by atoms with E-state index in [1.54, 1.807) is 6.92 Å². The molecule has 0 atom stereocenters. The van der Waals surface area contributed by atoms with Gasteiger partial charge >= 0.3 is 18.2 Å². The number of guanidine groups is 1. The monoisotopic (exact) mass is 332 g/mol. The van der Waals surface area contributed by atoms with E-state index in [1.807, 2.05) is 0 Å². The second-order valence-electron chi connectivity index (χ2n) is 4.52. The molecule has 0 aliphatic rings. The first kappa shape index (κ1) is 18.3. The Morgan fingerprint density at radius 2 is 1.87 bits per heavy atom. The number of amides is 2. The lowest BCUT2D eigenvalue weighted by atomic mass is 10.1. The molecule has 126 valence electrons. The minimum Gasteiger partial charge on any atom is -0.420 e. The smallest absolute Gasteiger partial charge is 0.420 e. The van der Waals surface area contributed by atoms with Crippen LogP contribution in [0, 0.1) is 19.3 Å². The summed E-state index contributed by atoms with van der Waals surface area (Å²) in [6, 6.07) is 1.75. The predicted octanol–water partition coefficient (Wildman–Crippen LogP) is 1.81. The molecule has 0 aliphatic carbocycles. The van der Waals surface area contributed by atoms with Gasteiger partial charge in [-0.15, -0.1) is 0 Å². The van der Waals surface area contributed by atoms with Crippen molar-refractivity contribution >= 4 is 23.6 Å². The number of hydrogen-bond acceptors (Lipinski definition) is 4. The minimum atomic E-state index is -5.15. The lowest BCUT2D eigenvalue weighted by Gasteiger charge is -2.25. The van der Waals surface area contributed by atoms with Crippen molar-refractivity contribution in [1.29, 1.82) is 5.41 Å². The molecule has 23 heavy (non-hydrogen) atoms. The van der Waals surface area contributed by atoms with Gasteiger partial charge in [0.05, 0.1) is 5.69 Å². The van der Waals surface area contributed by atoms with Crippen molar-refractivity contribution in [2.45, 2.75) is 20.0 Å². The predicted molar refractivity (Wildman–Crippen MR) is 76.5 cm³/mol. The van der Waals surface area contributed by atoms with Crippen LogP contribution < -0.4 is 20.7 Å². The van der Waals surface area contributed by atoms with E-state index in [9.17, 15) is 22.8 Å². The summed E-state index contributed by atoms with van der Waals surface area (Å²) in [5.74, 6) is -3.41. The Kier molecular flexibility index (Phi) is 5.20. The van der Waals surface area contributed by atoms with Crippen LogP contribution >= 0.6 is 0 Å². The molecule has 4 N–H and O–H groups in total. The molecule has 0 fully saturated rings. The Morgan fingerprint density at radius 1 is 1.30 bits per heavy atom. The number of benzene rings is 1. The van der Waals surface area contributed by atoms with Crippen LogP contribution in [0.5, 0.6) is 5.75 Å². The number of hydrogen-bond donors (Lipinski definition) is 3. The van der Waals surface area contributed by atoms with E-state index in [1.165, 1.54) is 26.1 Å². The first-order chi connectivity index (χ1) is 10.5. The third-order valence-electron chi connectivity index (χ3n) is 2.90. The molecule has 1 rings (SSSR count). The molecule has 0 radical (unpaired) electrons. The highest BCUT2D eigenvalue weighted by Gasteiger charge is 2.41. The fourth-order valence-electron chi connectivity index (χ4n) is 1.87. The van der Waals surface area contributed by atoms with Crippen molar-refractivity contribution in [2.24, 2.45) is 5.73 Å². The Bertz CT molecular complexity index is 659. The van der Waals surface area contributed by atoms with Crippen molar-refractivity contribution in [2.75, 3.05) is 11.9 Å². The fourth-order valence-corrected chi connectivity index (χ4v) is 1.87. The number of ether oxygens (including phenoxy) is 1. The van der Waals surface area contributed by atoms with Gasteiger partial charge in [0.15, 0.2) is 0 Å². The zero-order chi connectivity index (χ0) is 17.9. The van der Waals surface area contributed by atoms with Gasteiger partial charge in [-0.1, -0.05) is 6.07 Å². The number of carbonyl (C=O) groups excluding carboxylic acids is 2. The molecule has 0 bridgehead atoms. The molecule has 10 heteroatoms. The molecule has 0 heterocycles. The highest BCUT2D eigenvalue weighted by atomic mass is 19.4. The largest absolute Gasteiger partial charge is 0.491 e. The molecule has 0 aromatic heterocycles. The SMILES string of the molecule is CNC(=O)N(C(=N)N)c1c(C)ccc(OC(=O)C(F)(F)F)c1C. The Hall–Kier alpha value is -2.78. The van der Waals surface area contributed by atoms with E-state index in [4.69, 9.17) is 11.1 Å². The number of carbonyl (C=O) groups is 2. The minimum absolute atomic E-state index is 0.0569. The average Bonchev–Trinajstić information content (AvgIpc) is 2.44. The van der Waals surface area contributed by atoms with Crippen LogP contribution in [0.1, 0.15) is 11.1 Å². The number of esters is 1. The van der Waals surface area contributed by atoms with Gasteiger partial charge in [-0.2, -0.15) is 13.2 Å². The third kappa shape index (κ3) is 3.90. The van der Waals surface area contributed by atoms with Gasteiger partial charge in [0.2, 0.25) is 5.96 Å². The van der Waals surface area contributed by atoms with Crippen LogP contribution in [-0.4, -0.2) is 31.2 Å². The Labute approximate surface area is 129 Å². The van der Waals surface area contributed by atoms with Crippen LogP contribution in [0.15, 0.2) is 12.1 Å². The van der Waals surface area contributed by atoms with Crippen molar-refractivity contribution in [3.8, 4) is 5.75 Å². The molecule has 0 aliphatic heterocycles. The molecule has 7 nitrogen and oxygen atoms in total. The van der Waals surface area contributed by atoms with Gasteiger partial charge in [0.1, 0.15) is 5.75 Å². The molecule has 1 aromatic rings. The summed E-state index contributed by atoms with van der Waals surface area (Å²) in [4.78, 5) is 23.6. The van der Waals surface area contributed by atoms with Crippen molar-refractivity contribution in [3.05, 3.63) is 23.3 Å². The molecule has 0 saturated carbocycles. The van der Waals surface area contributed by atoms with E-state index >= 15 is 0 Å². The summed E-state index contributed by atoms with van der Waals surface area (Å²) >= 11 is 0. The Balaban J connectivity index is 3.39. The summed E-state index contributed by atoms with van der Waals surface area (Å²) < 4.78 is 41.3. The molecular weight excluding hydrogens is 317 g/mol. The van der Waals surface area contributed by atoms with Crippen LogP contribution in [0.25, 0.3) is 0 Å². The van der Waals surface area contributed by atoms with E-state index in [-0.39, 0.29) is 17.0 Å². The van der Waals surface area contributed by atoms with Crippen molar-refractivity contribution in [1.82, 2.24) is 5.32 Å². The van der Waals surface area contributed by atoms with E-state index in [0.29, 0.717) is 5.56 Å². The molecular formula is C13H15F3N4O3. The van der Waals surface area contributed by atoms with Gasteiger partial charge < -0.3 is 15.8 Å². The number of aryl methyl sites for hydroxylation is 1. The Morgan fingerprint density at radius 3 is 2.30 bits per heavy atom. The van der Waals surface area contributed by atoms with Crippen molar-refractivity contribution in [3.63, 3.8) is 0 Å². The topological polar surface area (TPSA) is 109 Å². The maximum absolute atomic E-state index is 12.3. The van der Waals surface area contributed by atoms with Gasteiger partial charge in [0, 0.05) is 12.6 Å². The summed E-state index contributed by atoms with van der Waals surface area (Å²) in [6.07, 6.45) is -5.15. The maximum Gasteiger partial charge on any atom is 0.491 e. The zero-order valence-corrected chi connectivity index (χ0v) is 12.5. The first-order valence-corrected chi connectivity index (χ1v) is 6.25. The number of anilines is 1. The fraction of sp³-hybridized carbons (Fsp3) is 0.308. The molecule has 2 amide bonds. The summed E-state index contributed by atoms with van der Waals surface area (Å²) in [5.41, 5.74) is 5.93. The van der Waals surface area contributed by atoms with Crippen LogP contribution in [0.4, 0.5) is 23.7 Å². The third-order valence-corrected chi connectivity index (χ3v) is 2.90. The molecule has 0 saturated heterocycles. The number of nitrogens with zero attached hydrogens (tertiary/aromatic N) is 1.